The molecule has 1 fully saturated rings. The first-order valence-corrected chi connectivity index (χ1v) is 9.00. The Balaban J connectivity index is 1.99. The molecule has 1 aliphatic rings. The molecule has 0 aromatic heterocycles. The molecular weight excluding hydrogens is 407 g/mol. The average Bonchev–Trinajstić information content (AvgIpc) is 3.02. The van der Waals surface area contributed by atoms with Crippen molar-refractivity contribution in [2.75, 3.05) is 20.3 Å². The molecule has 0 radical (unpaired) electrons. The lowest BCUT2D eigenvalue weighted by molar-refractivity contribution is -0.202. The summed E-state index contributed by atoms with van der Waals surface area (Å²) in [7, 11) is 1.20. The number of carbonyl (C=O) groups is 3. The minimum atomic E-state index is -0.963. The van der Waals surface area contributed by atoms with E-state index in [2.05, 4.69) is 4.74 Å². The zero-order valence-electron chi connectivity index (χ0n) is 14.8. The van der Waals surface area contributed by atoms with E-state index in [4.69, 9.17) is 28.0 Å². The van der Waals surface area contributed by atoms with Crippen LogP contribution in [0.5, 0.6) is 0 Å². The largest absolute Gasteiger partial charge is 0.467 e. The lowest BCUT2D eigenvalue weighted by atomic mass is 10.1. The highest BCUT2D eigenvalue weighted by atomic mass is 35.5. The van der Waals surface area contributed by atoms with Crippen molar-refractivity contribution in [1.29, 1.82) is 0 Å². The first kappa shape index (κ1) is 20.1. The summed E-state index contributed by atoms with van der Waals surface area (Å²) in [6.45, 7) is -0.726. The number of ether oxygens (including phenoxy) is 1. The second-order valence-electron chi connectivity index (χ2n) is 5.91. The third kappa shape index (κ3) is 4.11. The number of nitrogens with zero attached hydrogens (tertiary/aromatic N) is 2. The molecule has 0 saturated carbocycles. The van der Waals surface area contributed by atoms with Gasteiger partial charge < -0.3 is 9.64 Å². The quantitative estimate of drug-likeness (QED) is 0.691. The second kappa shape index (κ2) is 8.60. The summed E-state index contributed by atoms with van der Waals surface area (Å²) in [6, 6.07) is 13.2. The van der Waals surface area contributed by atoms with Gasteiger partial charge in [-0.15, -0.1) is 0 Å². The maximum Gasteiger partial charge on any atom is 0.334 e. The minimum absolute atomic E-state index is 0.238. The molecule has 0 N–H and O–H groups in total. The molecule has 2 aromatic carbocycles. The van der Waals surface area contributed by atoms with Crippen LogP contribution in [0.4, 0.5) is 0 Å². The average molecular weight is 423 g/mol. The standard InChI is InChI=1S/C19H16Cl2N2O5/c1-27-17(25)11-28-23-16(24)10-22(19(26)12-5-3-2-4-6-12)18(23)14-8-7-13(20)9-15(14)21/h2-9,18H,10-11H2,1H3/t18-/m0/s1. The molecule has 1 aliphatic heterocycles. The van der Waals surface area contributed by atoms with Crippen molar-refractivity contribution in [2.45, 2.75) is 6.17 Å². The summed E-state index contributed by atoms with van der Waals surface area (Å²) >= 11 is 12.3. The maximum absolute atomic E-state index is 13.0. The Bertz CT molecular complexity index is 906. The highest BCUT2D eigenvalue weighted by Gasteiger charge is 2.44. The Morgan fingerprint density at radius 1 is 1.14 bits per heavy atom. The molecule has 1 atom stereocenters. The van der Waals surface area contributed by atoms with Gasteiger partial charge in [0.25, 0.3) is 11.8 Å². The third-order valence-electron chi connectivity index (χ3n) is 4.14. The monoisotopic (exact) mass is 422 g/mol. The van der Waals surface area contributed by atoms with E-state index in [0.717, 1.165) is 5.06 Å². The molecule has 3 rings (SSSR count). The van der Waals surface area contributed by atoms with E-state index in [-0.39, 0.29) is 17.5 Å². The van der Waals surface area contributed by atoms with Gasteiger partial charge in [-0.3, -0.25) is 14.4 Å². The van der Waals surface area contributed by atoms with Crippen molar-refractivity contribution < 1.29 is 24.0 Å². The van der Waals surface area contributed by atoms with E-state index in [0.29, 0.717) is 16.1 Å². The van der Waals surface area contributed by atoms with Crippen molar-refractivity contribution in [1.82, 2.24) is 9.96 Å². The van der Waals surface area contributed by atoms with Crippen LogP contribution in [0.15, 0.2) is 48.5 Å². The van der Waals surface area contributed by atoms with Crippen LogP contribution in [0.2, 0.25) is 10.0 Å². The normalized spacial score (nSPS) is 16.4. The first-order valence-electron chi connectivity index (χ1n) is 8.25. The molecule has 0 unspecified atom stereocenters. The van der Waals surface area contributed by atoms with E-state index < -0.39 is 24.6 Å². The van der Waals surface area contributed by atoms with Crippen LogP contribution in [-0.4, -0.2) is 48.0 Å². The fraction of sp³-hybridized carbons (Fsp3) is 0.211. The summed E-state index contributed by atoms with van der Waals surface area (Å²) in [5.41, 5.74) is 0.839. The number of methoxy groups -OCH3 is 1. The fourth-order valence-corrected chi connectivity index (χ4v) is 3.33. The van der Waals surface area contributed by atoms with Gasteiger partial charge in [0.15, 0.2) is 12.8 Å². The number of hydrogen-bond donors (Lipinski definition) is 0. The van der Waals surface area contributed by atoms with Crippen molar-refractivity contribution in [3.8, 4) is 0 Å². The summed E-state index contributed by atoms with van der Waals surface area (Å²) < 4.78 is 4.54. The molecule has 2 aromatic rings. The molecule has 1 heterocycles. The van der Waals surface area contributed by atoms with Gasteiger partial charge in [0.2, 0.25) is 0 Å². The van der Waals surface area contributed by atoms with E-state index >= 15 is 0 Å². The van der Waals surface area contributed by atoms with E-state index in [1.54, 1.807) is 42.5 Å². The predicted molar refractivity (Wildman–Crippen MR) is 101 cm³/mol. The molecule has 2 amide bonds. The van der Waals surface area contributed by atoms with Crippen molar-refractivity contribution in [3.63, 3.8) is 0 Å². The van der Waals surface area contributed by atoms with Crippen LogP contribution in [0.1, 0.15) is 22.1 Å². The molecule has 9 heteroatoms. The van der Waals surface area contributed by atoms with E-state index in [1.807, 2.05) is 0 Å². The summed E-state index contributed by atoms with van der Waals surface area (Å²) in [6.07, 6.45) is -0.963. The third-order valence-corrected chi connectivity index (χ3v) is 4.70. The van der Waals surface area contributed by atoms with Gasteiger partial charge in [-0.1, -0.05) is 47.5 Å². The van der Waals surface area contributed by atoms with Crippen LogP contribution in [0.25, 0.3) is 0 Å². The number of hydrogen-bond acceptors (Lipinski definition) is 5. The Kier molecular flexibility index (Phi) is 6.18. The number of carbonyl (C=O) groups excluding carboxylic acids is 3. The molecular formula is C19H16Cl2N2O5. The van der Waals surface area contributed by atoms with Crippen molar-refractivity contribution in [2.24, 2.45) is 0 Å². The van der Waals surface area contributed by atoms with E-state index in [1.165, 1.54) is 18.1 Å². The molecule has 0 spiro atoms. The molecule has 1 saturated heterocycles. The maximum atomic E-state index is 13.0. The molecule has 0 bridgehead atoms. The Hall–Kier alpha value is -2.61. The Labute approximate surface area is 171 Å². The zero-order chi connectivity index (χ0) is 20.3. The fourth-order valence-electron chi connectivity index (χ4n) is 2.82. The molecule has 146 valence electrons. The van der Waals surface area contributed by atoms with Gasteiger partial charge in [-0.2, -0.15) is 5.06 Å². The van der Waals surface area contributed by atoms with Gasteiger partial charge in [-0.25, -0.2) is 4.79 Å². The predicted octanol–water partition coefficient (Wildman–Crippen LogP) is 3.08. The van der Waals surface area contributed by atoms with Gasteiger partial charge in [-0.05, 0) is 24.3 Å². The Morgan fingerprint density at radius 3 is 2.50 bits per heavy atom. The van der Waals surface area contributed by atoms with Gasteiger partial charge >= 0.3 is 5.97 Å². The number of hydroxylamine groups is 2. The summed E-state index contributed by atoms with van der Waals surface area (Å²) in [5, 5.41) is 1.62. The SMILES string of the molecule is COC(=O)CON1C(=O)CN(C(=O)c2ccccc2)[C@@H]1c1ccc(Cl)cc1Cl. The number of benzene rings is 2. The first-order chi connectivity index (χ1) is 13.4. The zero-order valence-corrected chi connectivity index (χ0v) is 16.3. The summed E-state index contributed by atoms with van der Waals surface area (Å²) in [4.78, 5) is 43.7. The van der Waals surface area contributed by atoms with Crippen LogP contribution < -0.4 is 0 Å². The Morgan fingerprint density at radius 2 is 1.86 bits per heavy atom. The van der Waals surface area contributed by atoms with Gasteiger partial charge in [0.1, 0.15) is 6.54 Å². The van der Waals surface area contributed by atoms with Crippen LogP contribution >= 0.6 is 23.2 Å². The minimum Gasteiger partial charge on any atom is -0.467 e. The summed E-state index contributed by atoms with van der Waals surface area (Å²) in [5.74, 6) is -1.54. The molecule has 7 nitrogen and oxygen atoms in total. The second-order valence-corrected chi connectivity index (χ2v) is 6.75. The lowest BCUT2D eigenvalue weighted by Crippen LogP contribution is -2.36. The number of rotatable bonds is 5. The molecule has 0 aliphatic carbocycles. The topological polar surface area (TPSA) is 76.2 Å². The molecule has 28 heavy (non-hydrogen) atoms. The lowest BCUT2D eigenvalue weighted by Gasteiger charge is -2.29. The van der Waals surface area contributed by atoms with Crippen LogP contribution in [0, 0.1) is 0 Å². The number of esters is 1. The van der Waals surface area contributed by atoms with E-state index in [9.17, 15) is 14.4 Å². The van der Waals surface area contributed by atoms with Gasteiger partial charge in [0.05, 0.1) is 7.11 Å². The van der Waals surface area contributed by atoms with Crippen molar-refractivity contribution in [3.05, 3.63) is 69.7 Å². The van der Waals surface area contributed by atoms with Crippen molar-refractivity contribution >= 4 is 41.0 Å². The van der Waals surface area contributed by atoms with Gasteiger partial charge in [0, 0.05) is 21.2 Å². The number of halogens is 2. The highest BCUT2D eigenvalue weighted by Crippen LogP contribution is 2.37. The van der Waals surface area contributed by atoms with Crippen LogP contribution in [0.3, 0.4) is 0 Å². The smallest absolute Gasteiger partial charge is 0.334 e. The van der Waals surface area contributed by atoms with Crippen LogP contribution in [-0.2, 0) is 19.2 Å². The highest BCUT2D eigenvalue weighted by molar-refractivity contribution is 6.35. The number of amides is 2.